The highest BCUT2D eigenvalue weighted by molar-refractivity contribution is 5.87. The fourth-order valence-electron chi connectivity index (χ4n) is 3.63. The lowest BCUT2D eigenvalue weighted by molar-refractivity contribution is -0.174. The first-order valence-corrected chi connectivity index (χ1v) is 8.88. The van der Waals surface area contributed by atoms with Crippen molar-refractivity contribution < 1.29 is 19.8 Å². The summed E-state index contributed by atoms with van der Waals surface area (Å²) >= 11 is 0. The average Bonchev–Trinajstić information content (AvgIpc) is 2.47. The van der Waals surface area contributed by atoms with E-state index < -0.39 is 22.8 Å². The van der Waals surface area contributed by atoms with Crippen LogP contribution in [-0.4, -0.2) is 22.2 Å². The Bertz CT molecular complexity index is 441. The zero-order chi connectivity index (χ0) is 17.5. The molecule has 0 aromatic heterocycles. The predicted molar refractivity (Wildman–Crippen MR) is 91.3 cm³/mol. The van der Waals surface area contributed by atoms with Gasteiger partial charge >= 0.3 is 11.9 Å². The number of allylic oxidation sites excluding steroid dienone is 2. The van der Waals surface area contributed by atoms with E-state index in [0.717, 1.165) is 25.2 Å². The largest absolute Gasteiger partial charge is 0.481 e. The molecule has 0 amide bonds. The van der Waals surface area contributed by atoms with Crippen LogP contribution in [0.4, 0.5) is 0 Å². The third-order valence-electron chi connectivity index (χ3n) is 5.48. The lowest BCUT2D eigenvalue weighted by Crippen LogP contribution is -2.51. The highest BCUT2D eigenvalue weighted by Gasteiger charge is 2.57. The normalized spacial score (nSPS) is 27.3. The summed E-state index contributed by atoms with van der Waals surface area (Å²) < 4.78 is 0. The maximum Gasteiger partial charge on any atom is 0.311 e. The summed E-state index contributed by atoms with van der Waals surface area (Å²) in [5, 5.41) is 19.4. The number of rotatable bonds is 10. The minimum atomic E-state index is -1.22. The van der Waals surface area contributed by atoms with Crippen molar-refractivity contribution in [2.24, 2.45) is 16.7 Å². The molecular formula is C19H32O4. The summed E-state index contributed by atoms with van der Waals surface area (Å²) in [5.74, 6) is -1.23. The number of aliphatic carboxylic acids is 2. The molecule has 0 aromatic rings. The van der Waals surface area contributed by atoms with Crippen LogP contribution >= 0.6 is 0 Å². The second kappa shape index (κ2) is 8.51. The Morgan fingerprint density at radius 1 is 0.957 bits per heavy atom. The molecule has 0 fully saturated rings. The maximum absolute atomic E-state index is 11.9. The molecule has 2 unspecified atom stereocenters. The monoisotopic (exact) mass is 324 g/mol. The summed E-state index contributed by atoms with van der Waals surface area (Å²) in [6, 6.07) is 0. The van der Waals surface area contributed by atoms with Crippen LogP contribution in [0.2, 0.25) is 0 Å². The topological polar surface area (TPSA) is 74.6 Å². The molecule has 0 radical (unpaired) electrons. The molecule has 2 atom stereocenters. The van der Waals surface area contributed by atoms with Crippen molar-refractivity contribution in [2.75, 3.05) is 0 Å². The van der Waals surface area contributed by atoms with Crippen molar-refractivity contribution in [1.82, 2.24) is 0 Å². The quantitative estimate of drug-likeness (QED) is 0.443. The highest BCUT2D eigenvalue weighted by atomic mass is 16.4. The molecule has 1 aliphatic rings. The van der Waals surface area contributed by atoms with Crippen LogP contribution in [-0.2, 0) is 9.59 Å². The molecule has 0 saturated heterocycles. The fraction of sp³-hybridized carbons (Fsp3) is 0.789. The van der Waals surface area contributed by atoms with Gasteiger partial charge < -0.3 is 10.2 Å². The lowest BCUT2D eigenvalue weighted by Gasteiger charge is -2.44. The predicted octanol–water partition coefficient (Wildman–Crippen LogP) is 4.89. The molecule has 132 valence electrons. The molecule has 0 bridgehead atoms. The van der Waals surface area contributed by atoms with E-state index in [2.05, 4.69) is 13.8 Å². The van der Waals surface area contributed by atoms with Gasteiger partial charge in [0.1, 0.15) is 0 Å². The van der Waals surface area contributed by atoms with Crippen LogP contribution in [0, 0.1) is 16.7 Å². The second-order valence-electron chi connectivity index (χ2n) is 7.60. The van der Waals surface area contributed by atoms with Gasteiger partial charge in [0.15, 0.2) is 0 Å². The van der Waals surface area contributed by atoms with E-state index in [0.29, 0.717) is 19.3 Å². The number of carbonyl (C=O) groups is 2. The van der Waals surface area contributed by atoms with E-state index in [9.17, 15) is 19.8 Å². The van der Waals surface area contributed by atoms with E-state index in [-0.39, 0.29) is 0 Å². The molecule has 1 rings (SSSR count). The minimum absolute atomic E-state index is 0.295. The van der Waals surface area contributed by atoms with Crippen LogP contribution < -0.4 is 0 Å². The lowest BCUT2D eigenvalue weighted by atomic mass is 9.56. The van der Waals surface area contributed by atoms with E-state index in [4.69, 9.17) is 0 Å². The van der Waals surface area contributed by atoms with Gasteiger partial charge in [0.2, 0.25) is 0 Å². The number of carboxylic acids is 2. The Hall–Kier alpha value is -1.32. The van der Waals surface area contributed by atoms with Crippen LogP contribution in [0.15, 0.2) is 12.2 Å². The summed E-state index contributed by atoms with van der Waals surface area (Å²) in [4.78, 5) is 23.7. The van der Waals surface area contributed by atoms with Gasteiger partial charge in [-0.1, -0.05) is 64.5 Å². The third-order valence-corrected chi connectivity index (χ3v) is 5.48. The van der Waals surface area contributed by atoms with Crippen LogP contribution in [0.3, 0.4) is 0 Å². The van der Waals surface area contributed by atoms with E-state index in [1.807, 2.05) is 6.08 Å². The van der Waals surface area contributed by atoms with Crippen LogP contribution in [0.5, 0.6) is 0 Å². The minimum Gasteiger partial charge on any atom is -0.481 e. The Kier molecular flexibility index (Phi) is 7.30. The third kappa shape index (κ3) is 4.58. The molecule has 0 heterocycles. The van der Waals surface area contributed by atoms with Crippen molar-refractivity contribution in [3.05, 3.63) is 12.2 Å². The van der Waals surface area contributed by atoms with Gasteiger partial charge in [0.05, 0.1) is 10.8 Å². The van der Waals surface area contributed by atoms with Gasteiger partial charge in [-0.3, -0.25) is 9.59 Å². The Morgan fingerprint density at radius 2 is 1.52 bits per heavy atom. The molecule has 0 aliphatic heterocycles. The van der Waals surface area contributed by atoms with Gasteiger partial charge in [0, 0.05) is 0 Å². The maximum atomic E-state index is 11.9. The summed E-state index contributed by atoms with van der Waals surface area (Å²) in [6.07, 6.45) is 11.2. The molecular weight excluding hydrogens is 292 g/mol. The van der Waals surface area contributed by atoms with Crippen molar-refractivity contribution in [3.8, 4) is 0 Å². The van der Waals surface area contributed by atoms with Crippen molar-refractivity contribution in [1.29, 1.82) is 0 Å². The summed E-state index contributed by atoms with van der Waals surface area (Å²) in [6.45, 7) is 6.04. The molecule has 4 nitrogen and oxygen atoms in total. The van der Waals surface area contributed by atoms with Gasteiger partial charge in [-0.15, -0.1) is 0 Å². The van der Waals surface area contributed by atoms with Gasteiger partial charge in [-0.05, 0) is 32.1 Å². The molecule has 2 N–H and O–H groups in total. The zero-order valence-corrected chi connectivity index (χ0v) is 14.8. The Morgan fingerprint density at radius 3 is 2.09 bits per heavy atom. The Balaban J connectivity index is 2.59. The standard InChI is InChI=1S/C19H32O4/c1-15(2)11-7-5-4-6-8-13-19(17(22)23)14-10-9-12-18(19,3)16(20)21/h9-10,15H,4-8,11-14H2,1-3H3,(H,20,21)(H,22,23). The van der Waals surface area contributed by atoms with Crippen molar-refractivity contribution in [3.63, 3.8) is 0 Å². The van der Waals surface area contributed by atoms with Crippen molar-refractivity contribution >= 4 is 11.9 Å². The SMILES string of the molecule is CC(C)CCCCCCCC1(C(=O)O)CC=CCC1(C)C(=O)O. The first-order valence-electron chi connectivity index (χ1n) is 8.88. The van der Waals surface area contributed by atoms with E-state index >= 15 is 0 Å². The number of hydrogen-bond acceptors (Lipinski definition) is 2. The molecule has 0 aromatic carbocycles. The fourth-order valence-corrected chi connectivity index (χ4v) is 3.63. The smallest absolute Gasteiger partial charge is 0.311 e. The van der Waals surface area contributed by atoms with Gasteiger partial charge in [-0.2, -0.15) is 0 Å². The molecule has 1 aliphatic carbocycles. The average molecular weight is 324 g/mol. The molecule has 0 saturated carbocycles. The zero-order valence-electron chi connectivity index (χ0n) is 14.8. The summed E-state index contributed by atoms with van der Waals surface area (Å²) in [5.41, 5.74) is -2.39. The van der Waals surface area contributed by atoms with Gasteiger partial charge in [-0.25, -0.2) is 0 Å². The highest BCUT2D eigenvalue weighted by Crippen LogP contribution is 2.52. The van der Waals surface area contributed by atoms with Crippen molar-refractivity contribution in [2.45, 2.75) is 78.6 Å². The van der Waals surface area contributed by atoms with E-state index in [1.54, 1.807) is 13.0 Å². The van der Waals surface area contributed by atoms with Gasteiger partial charge in [0.25, 0.3) is 0 Å². The number of carboxylic acid groups (broad SMARTS) is 2. The first kappa shape index (κ1) is 19.7. The molecule has 23 heavy (non-hydrogen) atoms. The van der Waals surface area contributed by atoms with Crippen LogP contribution in [0.25, 0.3) is 0 Å². The summed E-state index contributed by atoms with van der Waals surface area (Å²) in [7, 11) is 0. The molecule has 0 spiro atoms. The first-order chi connectivity index (χ1) is 10.8. The van der Waals surface area contributed by atoms with E-state index in [1.165, 1.54) is 19.3 Å². The second-order valence-corrected chi connectivity index (χ2v) is 7.60. The Labute approximate surface area is 140 Å². The molecule has 4 heteroatoms. The number of unbranched alkanes of at least 4 members (excludes halogenated alkanes) is 4. The number of hydrogen-bond donors (Lipinski definition) is 2. The van der Waals surface area contributed by atoms with Crippen LogP contribution in [0.1, 0.15) is 78.6 Å².